The van der Waals surface area contributed by atoms with E-state index in [0.29, 0.717) is 144 Å². The van der Waals surface area contributed by atoms with Gasteiger partial charge in [-0.2, -0.15) is 0 Å². The minimum Gasteiger partial charge on any atom is -0.491 e. The molecule has 0 aromatic heterocycles. The van der Waals surface area contributed by atoms with Crippen molar-refractivity contribution in [3.63, 3.8) is 0 Å². The van der Waals surface area contributed by atoms with Crippen molar-refractivity contribution >= 4 is 23.2 Å². The molecule has 51 heavy (non-hydrogen) atoms. The van der Waals surface area contributed by atoms with Crippen molar-refractivity contribution in [2.75, 3.05) is 143 Å². The Balaban J connectivity index is 1.18. The molecular formula is C36H56N2O13. The van der Waals surface area contributed by atoms with E-state index in [0.717, 1.165) is 11.4 Å². The summed E-state index contributed by atoms with van der Waals surface area (Å²) in [4.78, 5) is 22.1. The third-order valence-corrected chi connectivity index (χ3v) is 6.32. The van der Waals surface area contributed by atoms with Gasteiger partial charge in [-0.25, -0.2) is 0 Å². The Labute approximate surface area is 301 Å². The fourth-order valence-electron chi connectivity index (χ4n) is 3.97. The van der Waals surface area contributed by atoms with E-state index in [1.807, 2.05) is 0 Å². The predicted octanol–water partition coefficient (Wildman–Crippen LogP) is 3.21. The van der Waals surface area contributed by atoms with Gasteiger partial charge in [-0.3, -0.25) is 9.59 Å². The monoisotopic (exact) mass is 724 g/mol. The van der Waals surface area contributed by atoms with Crippen LogP contribution in [-0.4, -0.2) is 144 Å². The number of ether oxygens (including phenoxy) is 11. The summed E-state index contributed by atoms with van der Waals surface area (Å²) in [7, 11) is 0. The molecular weight excluding hydrogens is 668 g/mol. The van der Waals surface area contributed by atoms with E-state index in [1.54, 1.807) is 48.5 Å². The second-order valence-electron chi connectivity index (χ2n) is 10.6. The molecule has 0 radical (unpaired) electrons. The van der Waals surface area contributed by atoms with Crippen LogP contribution < -0.4 is 20.1 Å². The highest BCUT2D eigenvalue weighted by atomic mass is 16.6. The lowest BCUT2D eigenvalue weighted by Crippen LogP contribution is -2.15. The van der Waals surface area contributed by atoms with Gasteiger partial charge in [-0.15, -0.1) is 0 Å². The predicted molar refractivity (Wildman–Crippen MR) is 190 cm³/mol. The third kappa shape index (κ3) is 27.0. The molecule has 0 bridgehead atoms. The highest BCUT2D eigenvalue weighted by molar-refractivity contribution is 5.89. The molecule has 0 spiro atoms. The molecule has 2 aromatic rings. The summed E-state index contributed by atoms with van der Waals surface area (Å²) in [6.45, 7) is 12.4. The fraction of sp³-hybridized carbons (Fsp3) is 0.611. The summed E-state index contributed by atoms with van der Waals surface area (Å²) >= 11 is 0. The highest BCUT2D eigenvalue weighted by Gasteiger charge is 2.00. The van der Waals surface area contributed by atoms with Gasteiger partial charge in [-0.1, -0.05) is 0 Å². The second kappa shape index (κ2) is 31.4. The Morgan fingerprint density at radius 2 is 0.549 bits per heavy atom. The molecule has 15 heteroatoms. The smallest absolute Gasteiger partial charge is 0.221 e. The summed E-state index contributed by atoms with van der Waals surface area (Å²) in [6.07, 6.45) is 0. The van der Waals surface area contributed by atoms with Crippen LogP contribution in [0.25, 0.3) is 0 Å². The maximum absolute atomic E-state index is 11.0. The van der Waals surface area contributed by atoms with Crippen LogP contribution >= 0.6 is 0 Å². The van der Waals surface area contributed by atoms with Gasteiger partial charge >= 0.3 is 0 Å². The molecule has 0 heterocycles. The lowest BCUT2D eigenvalue weighted by atomic mass is 10.3. The average molecular weight is 725 g/mol. The number of carbonyl (C=O) groups excluding carboxylic acids is 2. The molecule has 0 saturated carbocycles. The number of benzene rings is 2. The third-order valence-electron chi connectivity index (χ3n) is 6.32. The van der Waals surface area contributed by atoms with Crippen molar-refractivity contribution in [1.29, 1.82) is 0 Å². The van der Waals surface area contributed by atoms with Crippen molar-refractivity contribution in [3.8, 4) is 11.5 Å². The van der Waals surface area contributed by atoms with Gasteiger partial charge in [0, 0.05) is 25.2 Å². The van der Waals surface area contributed by atoms with E-state index >= 15 is 0 Å². The Morgan fingerprint density at radius 3 is 0.745 bits per heavy atom. The van der Waals surface area contributed by atoms with Crippen molar-refractivity contribution in [1.82, 2.24) is 0 Å². The van der Waals surface area contributed by atoms with E-state index in [-0.39, 0.29) is 11.8 Å². The lowest BCUT2D eigenvalue weighted by molar-refractivity contribution is -0.115. The Kier molecular flexibility index (Phi) is 26.9. The Bertz CT molecular complexity index is 1040. The average Bonchev–Trinajstić information content (AvgIpc) is 3.11. The number of anilines is 2. The standard InChI is InChI=1S/C36H56N2O13/c1-31(39)37-33-3-7-35(8-4-33)50-29-27-48-25-23-46-21-19-44-17-15-42-13-11-41-12-14-43-16-18-45-20-22-47-24-26-49-28-30-51-36-9-5-34(6-10-36)38-32(2)40/h3-10H,11-30H2,1-2H3,(H,37,39)(H,38,40). The maximum atomic E-state index is 11.0. The van der Waals surface area contributed by atoms with Crippen molar-refractivity contribution in [2.24, 2.45) is 0 Å². The summed E-state index contributed by atoms with van der Waals surface area (Å²) in [5, 5.41) is 5.42. The molecule has 0 unspecified atom stereocenters. The quantitative estimate of drug-likeness (QED) is 0.101. The van der Waals surface area contributed by atoms with Crippen LogP contribution in [0.2, 0.25) is 0 Å². The van der Waals surface area contributed by atoms with Crippen LogP contribution in [-0.2, 0) is 52.2 Å². The number of carbonyl (C=O) groups is 2. The van der Waals surface area contributed by atoms with E-state index in [2.05, 4.69) is 10.6 Å². The molecule has 15 nitrogen and oxygen atoms in total. The van der Waals surface area contributed by atoms with Gasteiger partial charge in [0.05, 0.1) is 119 Å². The molecule has 0 atom stereocenters. The first kappa shape index (κ1) is 43.8. The van der Waals surface area contributed by atoms with E-state index < -0.39 is 0 Å². The molecule has 2 amide bonds. The minimum absolute atomic E-state index is 0.111. The van der Waals surface area contributed by atoms with Gasteiger partial charge < -0.3 is 62.7 Å². The van der Waals surface area contributed by atoms with Crippen molar-refractivity contribution in [3.05, 3.63) is 48.5 Å². The molecule has 0 aliphatic carbocycles. The Hall–Kier alpha value is -3.38. The second-order valence-corrected chi connectivity index (χ2v) is 10.6. The fourth-order valence-corrected chi connectivity index (χ4v) is 3.97. The highest BCUT2D eigenvalue weighted by Crippen LogP contribution is 2.16. The lowest BCUT2D eigenvalue weighted by Gasteiger charge is -2.09. The Morgan fingerprint density at radius 1 is 0.353 bits per heavy atom. The van der Waals surface area contributed by atoms with E-state index in [4.69, 9.17) is 52.1 Å². The van der Waals surface area contributed by atoms with Crippen LogP contribution in [0.3, 0.4) is 0 Å². The molecule has 2 rings (SSSR count). The summed E-state index contributed by atoms with van der Waals surface area (Å²) in [6, 6.07) is 14.3. The molecule has 0 fully saturated rings. The minimum atomic E-state index is -0.111. The normalized spacial score (nSPS) is 11.0. The summed E-state index contributed by atoms with van der Waals surface area (Å²) < 4.78 is 60.6. The van der Waals surface area contributed by atoms with Crippen molar-refractivity contribution < 1.29 is 61.7 Å². The molecule has 0 saturated heterocycles. The molecule has 288 valence electrons. The van der Waals surface area contributed by atoms with Crippen LogP contribution in [0.1, 0.15) is 13.8 Å². The largest absolute Gasteiger partial charge is 0.491 e. The first-order valence-electron chi connectivity index (χ1n) is 17.2. The number of nitrogens with one attached hydrogen (secondary N) is 2. The van der Waals surface area contributed by atoms with Crippen LogP contribution in [0.5, 0.6) is 11.5 Å². The van der Waals surface area contributed by atoms with Gasteiger partial charge in [-0.05, 0) is 48.5 Å². The number of rotatable bonds is 34. The van der Waals surface area contributed by atoms with Crippen LogP contribution in [0, 0.1) is 0 Å². The van der Waals surface area contributed by atoms with Gasteiger partial charge in [0.15, 0.2) is 0 Å². The van der Waals surface area contributed by atoms with E-state index in [9.17, 15) is 9.59 Å². The first-order chi connectivity index (χ1) is 25.0. The van der Waals surface area contributed by atoms with Crippen LogP contribution in [0.4, 0.5) is 11.4 Å². The van der Waals surface area contributed by atoms with Crippen molar-refractivity contribution in [2.45, 2.75) is 13.8 Å². The van der Waals surface area contributed by atoms with Gasteiger partial charge in [0.1, 0.15) is 24.7 Å². The number of hydrogen-bond donors (Lipinski definition) is 2. The topological polar surface area (TPSA) is 160 Å². The first-order valence-corrected chi connectivity index (χ1v) is 17.2. The van der Waals surface area contributed by atoms with E-state index in [1.165, 1.54) is 13.8 Å². The maximum Gasteiger partial charge on any atom is 0.221 e. The summed E-state index contributed by atoms with van der Waals surface area (Å²) in [5.41, 5.74) is 1.46. The van der Waals surface area contributed by atoms with Gasteiger partial charge in [0.2, 0.25) is 11.8 Å². The number of hydrogen-bond acceptors (Lipinski definition) is 13. The van der Waals surface area contributed by atoms with Crippen LogP contribution in [0.15, 0.2) is 48.5 Å². The zero-order valence-corrected chi connectivity index (χ0v) is 30.1. The molecule has 2 aromatic carbocycles. The summed E-state index contributed by atoms with van der Waals surface area (Å²) in [5.74, 6) is 1.20. The number of amides is 2. The molecule has 2 N–H and O–H groups in total. The zero-order valence-electron chi connectivity index (χ0n) is 30.1. The molecule has 0 aliphatic heterocycles. The van der Waals surface area contributed by atoms with Gasteiger partial charge in [0.25, 0.3) is 0 Å². The SMILES string of the molecule is CC(=O)Nc1ccc(OCCOCCOCCOCCOCCOCCOCCOCCOCCOCCOc2ccc(NC(C)=O)cc2)cc1. The zero-order chi connectivity index (χ0) is 36.5. The molecule has 0 aliphatic rings.